The van der Waals surface area contributed by atoms with Gasteiger partial charge in [0.15, 0.2) is 0 Å². The van der Waals surface area contributed by atoms with Crippen LogP contribution in [0.3, 0.4) is 0 Å². The molecular formula is C9H21N3O3. The van der Waals surface area contributed by atoms with E-state index in [-0.39, 0.29) is 19.2 Å². The summed E-state index contributed by atoms with van der Waals surface area (Å²) in [4.78, 5) is 13.1. The van der Waals surface area contributed by atoms with Gasteiger partial charge in [0.25, 0.3) is 0 Å². The van der Waals surface area contributed by atoms with Crippen LogP contribution in [0.1, 0.15) is 6.42 Å². The lowest BCUT2D eigenvalue weighted by atomic mass is 10.3. The summed E-state index contributed by atoms with van der Waals surface area (Å²) in [5.74, 6) is -0.303. The van der Waals surface area contributed by atoms with E-state index in [1.54, 1.807) is 0 Å². The number of esters is 1. The summed E-state index contributed by atoms with van der Waals surface area (Å²) >= 11 is 0. The highest BCUT2D eigenvalue weighted by atomic mass is 16.5. The molecule has 0 aliphatic heterocycles. The fraction of sp³-hybridized carbons (Fsp3) is 0.889. The summed E-state index contributed by atoms with van der Waals surface area (Å²) in [7, 11) is 0. The van der Waals surface area contributed by atoms with Crippen LogP contribution in [-0.2, 0) is 9.53 Å². The van der Waals surface area contributed by atoms with Gasteiger partial charge in [-0.05, 0) is 0 Å². The van der Waals surface area contributed by atoms with Crippen LogP contribution in [0.15, 0.2) is 0 Å². The summed E-state index contributed by atoms with van der Waals surface area (Å²) in [5.41, 5.74) is 10.8. The van der Waals surface area contributed by atoms with E-state index in [9.17, 15) is 4.79 Å². The molecule has 0 atom stereocenters. The van der Waals surface area contributed by atoms with Gasteiger partial charge in [-0.15, -0.1) is 0 Å². The highest BCUT2D eigenvalue weighted by Crippen LogP contribution is 1.92. The van der Waals surface area contributed by atoms with E-state index in [2.05, 4.69) is 0 Å². The van der Waals surface area contributed by atoms with Crippen LogP contribution >= 0.6 is 0 Å². The molecule has 6 nitrogen and oxygen atoms in total. The topological polar surface area (TPSA) is 102 Å². The Labute approximate surface area is 90.2 Å². The number of ether oxygens (including phenoxy) is 1. The number of rotatable bonds is 9. The third-order valence-electron chi connectivity index (χ3n) is 1.88. The molecule has 0 radical (unpaired) electrons. The van der Waals surface area contributed by atoms with E-state index in [1.165, 1.54) is 0 Å². The maximum Gasteiger partial charge on any atom is 0.307 e. The zero-order valence-corrected chi connectivity index (χ0v) is 9.02. The Kier molecular flexibility index (Phi) is 9.40. The Morgan fingerprint density at radius 1 is 1.20 bits per heavy atom. The first kappa shape index (κ1) is 14.3. The molecule has 0 spiro atoms. The SMILES string of the molecule is NCCN(CCN)CCC(=O)OCCO. The van der Waals surface area contributed by atoms with Gasteiger partial charge in [0.1, 0.15) is 6.61 Å². The molecule has 15 heavy (non-hydrogen) atoms. The zero-order chi connectivity index (χ0) is 11.5. The molecule has 0 aliphatic carbocycles. The fourth-order valence-electron chi connectivity index (χ4n) is 1.18. The molecule has 0 bridgehead atoms. The van der Waals surface area contributed by atoms with Crippen molar-refractivity contribution in [3.8, 4) is 0 Å². The van der Waals surface area contributed by atoms with Gasteiger partial charge in [-0.3, -0.25) is 4.79 Å². The van der Waals surface area contributed by atoms with Crippen molar-refractivity contribution in [2.24, 2.45) is 11.5 Å². The second-order valence-corrected chi connectivity index (χ2v) is 3.11. The van der Waals surface area contributed by atoms with Crippen molar-refractivity contribution in [1.29, 1.82) is 0 Å². The van der Waals surface area contributed by atoms with E-state index in [0.29, 0.717) is 26.1 Å². The molecule has 0 aliphatic rings. The maximum atomic E-state index is 11.1. The number of hydrogen-bond donors (Lipinski definition) is 3. The molecule has 0 aromatic heterocycles. The quantitative estimate of drug-likeness (QED) is 0.393. The molecule has 0 rings (SSSR count). The molecule has 0 heterocycles. The molecular weight excluding hydrogens is 198 g/mol. The summed E-state index contributed by atoms with van der Waals surface area (Å²) in [6.45, 7) is 3.07. The number of aliphatic hydroxyl groups excluding tert-OH is 1. The predicted octanol–water partition coefficient (Wildman–Crippen LogP) is -1.87. The Hall–Kier alpha value is -0.690. The first-order valence-corrected chi connectivity index (χ1v) is 5.13. The Bertz CT molecular complexity index is 161. The third-order valence-corrected chi connectivity index (χ3v) is 1.88. The largest absolute Gasteiger partial charge is 0.463 e. The van der Waals surface area contributed by atoms with Gasteiger partial charge in [-0.2, -0.15) is 0 Å². The number of aliphatic hydroxyl groups is 1. The lowest BCUT2D eigenvalue weighted by molar-refractivity contribution is -0.145. The number of carbonyl (C=O) groups excluding carboxylic acids is 1. The molecule has 90 valence electrons. The molecule has 0 saturated heterocycles. The number of carbonyl (C=O) groups is 1. The zero-order valence-electron chi connectivity index (χ0n) is 9.02. The highest BCUT2D eigenvalue weighted by molar-refractivity contribution is 5.69. The molecule has 0 fully saturated rings. The number of nitrogens with two attached hydrogens (primary N) is 2. The van der Waals surface area contributed by atoms with Crippen LogP contribution in [0.25, 0.3) is 0 Å². The van der Waals surface area contributed by atoms with Gasteiger partial charge in [0.05, 0.1) is 13.0 Å². The Morgan fingerprint density at radius 3 is 2.27 bits per heavy atom. The van der Waals surface area contributed by atoms with Crippen molar-refractivity contribution in [2.75, 3.05) is 45.9 Å². The minimum atomic E-state index is -0.303. The minimum absolute atomic E-state index is 0.0621. The van der Waals surface area contributed by atoms with Crippen molar-refractivity contribution >= 4 is 5.97 Å². The van der Waals surface area contributed by atoms with Crippen LogP contribution < -0.4 is 11.5 Å². The summed E-state index contributed by atoms with van der Waals surface area (Å²) in [6.07, 6.45) is 0.306. The van der Waals surface area contributed by atoms with E-state index in [4.69, 9.17) is 21.3 Å². The van der Waals surface area contributed by atoms with E-state index in [1.807, 2.05) is 4.90 Å². The molecule has 0 aromatic rings. The van der Waals surface area contributed by atoms with Crippen LogP contribution in [-0.4, -0.2) is 61.9 Å². The van der Waals surface area contributed by atoms with Gasteiger partial charge in [0, 0.05) is 32.7 Å². The van der Waals surface area contributed by atoms with Crippen LogP contribution in [0.2, 0.25) is 0 Å². The Balaban J connectivity index is 3.62. The van der Waals surface area contributed by atoms with Gasteiger partial charge >= 0.3 is 5.97 Å². The van der Waals surface area contributed by atoms with Crippen molar-refractivity contribution in [1.82, 2.24) is 4.90 Å². The lowest BCUT2D eigenvalue weighted by Crippen LogP contribution is -2.35. The molecule has 0 aromatic carbocycles. The first-order chi connectivity index (χ1) is 7.24. The van der Waals surface area contributed by atoms with Crippen molar-refractivity contribution in [3.63, 3.8) is 0 Å². The third kappa shape index (κ3) is 8.31. The molecule has 0 unspecified atom stereocenters. The van der Waals surface area contributed by atoms with E-state index < -0.39 is 0 Å². The number of hydrogen-bond acceptors (Lipinski definition) is 6. The highest BCUT2D eigenvalue weighted by Gasteiger charge is 2.07. The maximum absolute atomic E-state index is 11.1. The second kappa shape index (κ2) is 9.85. The van der Waals surface area contributed by atoms with Crippen LogP contribution in [0.4, 0.5) is 0 Å². The van der Waals surface area contributed by atoms with Gasteiger partial charge in [-0.1, -0.05) is 0 Å². The molecule has 0 amide bonds. The van der Waals surface area contributed by atoms with E-state index >= 15 is 0 Å². The Morgan fingerprint density at radius 2 is 1.80 bits per heavy atom. The fourth-order valence-corrected chi connectivity index (χ4v) is 1.18. The van der Waals surface area contributed by atoms with Gasteiger partial charge < -0.3 is 26.2 Å². The summed E-state index contributed by atoms with van der Waals surface area (Å²) < 4.78 is 4.72. The average molecular weight is 219 g/mol. The average Bonchev–Trinajstić information content (AvgIpc) is 2.23. The summed E-state index contributed by atoms with van der Waals surface area (Å²) in [6, 6.07) is 0. The summed E-state index contributed by atoms with van der Waals surface area (Å²) in [5, 5.41) is 8.44. The standard InChI is InChI=1S/C9H21N3O3/c10-2-5-12(6-3-11)4-1-9(14)15-8-7-13/h13H,1-8,10-11H2. The van der Waals surface area contributed by atoms with Gasteiger partial charge in [0.2, 0.25) is 0 Å². The van der Waals surface area contributed by atoms with Crippen molar-refractivity contribution in [3.05, 3.63) is 0 Å². The normalized spacial score (nSPS) is 10.7. The lowest BCUT2D eigenvalue weighted by Gasteiger charge is -2.19. The van der Waals surface area contributed by atoms with Crippen LogP contribution in [0, 0.1) is 0 Å². The first-order valence-electron chi connectivity index (χ1n) is 5.13. The molecule has 5 N–H and O–H groups in total. The molecule has 0 saturated carbocycles. The van der Waals surface area contributed by atoms with Gasteiger partial charge in [-0.25, -0.2) is 0 Å². The van der Waals surface area contributed by atoms with Crippen molar-refractivity contribution in [2.45, 2.75) is 6.42 Å². The van der Waals surface area contributed by atoms with Crippen molar-refractivity contribution < 1.29 is 14.6 Å². The second-order valence-electron chi connectivity index (χ2n) is 3.11. The number of nitrogens with zero attached hydrogens (tertiary/aromatic N) is 1. The molecule has 6 heteroatoms. The monoisotopic (exact) mass is 219 g/mol. The van der Waals surface area contributed by atoms with Crippen LogP contribution in [0.5, 0.6) is 0 Å². The minimum Gasteiger partial charge on any atom is -0.463 e. The van der Waals surface area contributed by atoms with E-state index in [0.717, 1.165) is 13.1 Å². The smallest absolute Gasteiger partial charge is 0.307 e. The predicted molar refractivity (Wildman–Crippen MR) is 57.2 cm³/mol.